The van der Waals surface area contributed by atoms with E-state index in [9.17, 15) is 12.8 Å². The van der Waals surface area contributed by atoms with Crippen LogP contribution in [0.3, 0.4) is 0 Å². The number of aliphatic imine (C=N–C) groups is 1. The van der Waals surface area contributed by atoms with Crippen molar-refractivity contribution in [1.82, 2.24) is 10.6 Å². The number of rotatable bonds is 7. The smallest absolute Gasteiger partial charge is 0.234 e. The number of hydrogen-bond acceptors (Lipinski definition) is 4. The van der Waals surface area contributed by atoms with E-state index < -0.39 is 15.8 Å². The maximum atomic E-state index is 13.5. The summed E-state index contributed by atoms with van der Waals surface area (Å²) in [5.74, 6) is -0.0903. The molecule has 1 atom stereocenters. The van der Waals surface area contributed by atoms with E-state index in [-0.39, 0.29) is 48.1 Å². The van der Waals surface area contributed by atoms with Crippen LogP contribution in [-0.4, -0.2) is 53.0 Å². The Hall–Kier alpha value is -1.14. The Morgan fingerprint density at radius 1 is 1.38 bits per heavy atom. The van der Waals surface area contributed by atoms with Crippen LogP contribution in [0.2, 0.25) is 0 Å². The first-order valence-corrected chi connectivity index (χ1v) is 9.87. The van der Waals surface area contributed by atoms with Crippen molar-refractivity contribution in [3.8, 4) is 0 Å². The van der Waals surface area contributed by atoms with Gasteiger partial charge in [0.05, 0.1) is 17.5 Å². The number of benzene rings is 1. The summed E-state index contributed by atoms with van der Waals surface area (Å²) in [6.45, 7) is 3.21. The highest BCUT2D eigenvalue weighted by Gasteiger charge is 2.16. The Bertz CT molecular complexity index is 709. The molecule has 0 spiro atoms. The van der Waals surface area contributed by atoms with Crippen molar-refractivity contribution in [2.75, 3.05) is 37.2 Å². The quantitative estimate of drug-likeness (QED) is 0.302. The molecule has 1 fully saturated rings. The van der Waals surface area contributed by atoms with Gasteiger partial charge in [0.2, 0.25) is 10.0 Å². The second-order valence-corrected chi connectivity index (χ2v) is 7.74. The van der Waals surface area contributed by atoms with E-state index in [0.29, 0.717) is 18.1 Å². The fraction of sp³-hybridized carbons (Fsp3) is 0.562. The van der Waals surface area contributed by atoms with Crippen molar-refractivity contribution in [1.29, 1.82) is 0 Å². The molecule has 1 aromatic carbocycles. The largest absolute Gasteiger partial charge is 0.376 e. The Balaban J connectivity index is 0.00000338. The van der Waals surface area contributed by atoms with Crippen LogP contribution < -0.4 is 15.4 Å². The number of ether oxygens (including phenoxy) is 1. The molecule has 1 saturated heterocycles. The van der Waals surface area contributed by atoms with Gasteiger partial charge >= 0.3 is 0 Å². The van der Waals surface area contributed by atoms with Gasteiger partial charge in [0.1, 0.15) is 5.82 Å². The van der Waals surface area contributed by atoms with Gasteiger partial charge in [0.25, 0.3) is 0 Å². The first-order chi connectivity index (χ1) is 11.9. The highest BCUT2D eigenvalue weighted by Crippen LogP contribution is 2.15. The monoisotopic (exact) mass is 500 g/mol. The summed E-state index contributed by atoms with van der Waals surface area (Å²) in [5, 5.41) is 6.06. The minimum Gasteiger partial charge on any atom is -0.376 e. The molecule has 1 unspecified atom stereocenters. The van der Waals surface area contributed by atoms with Crippen LogP contribution >= 0.6 is 24.0 Å². The summed E-state index contributed by atoms with van der Waals surface area (Å²) in [6, 6.07) is 4.23. The fourth-order valence-electron chi connectivity index (χ4n) is 2.43. The predicted molar refractivity (Wildman–Crippen MR) is 112 cm³/mol. The van der Waals surface area contributed by atoms with Gasteiger partial charge < -0.3 is 15.4 Å². The first kappa shape index (κ1) is 22.9. The van der Waals surface area contributed by atoms with E-state index in [1.807, 2.05) is 0 Å². The minimum absolute atomic E-state index is 0. The zero-order chi connectivity index (χ0) is 18.3. The molecule has 10 heteroatoms. The van der Waals surface area contributed by atoms with Crippen molar-refractivity contribution >= 4 is 45.6 Å². The number of sulfonamides is 1. The van der Waals surface area contributed by atoms with Crippen LogP contribution in [0.5, 0.6) is 0 Å². The second-order valence-electron chi connectivity index (χ2n) is 5.90. The van der Waals surface area contributed by atoms with E-state index in [1.165, 1.54) is 18.2 Å². The molecule has 3 N–H and O–H groups in total. The standard InChI is InChI=1S/C16H25FN4O3S.HI/c1-12-5-6-13(10-15(12)17)21-25(22,23)9-7-19-16(18-2)20-11-14-4-3-8-24-14;/h5-6,10,14,21H,3-4,7-9,11H2,1-2H3,(H2,18,19,20);1H. The van der Waals surface area contributed by atoms with Crippen molar-refractivity contribution in [3.05, 3.63) is 29.6 Å². The van der Waals surface area contributed by atoms with Gasteiger partial charge in [-0.3, -0.25) is 9.71 Å². The number of anilines is 1. The Morgan fingerprint density at radius 3 is 2.77 bits per heavy atom. The SMILES string of the molecule is CN=C(NCCS(=O)(=O)Nc1ccc(C)c(F)c1)NCC1CCCO1.I. The topological polar surface area (TPSA) is 91.8 Å². The molecular weight excluding hydrogens is 474 g/mol. The maximum Gasteiger partial charge on any atom is 0.234 e. The Kier molecular flexibility index (Phi) is 9.58. The molecular formula is C16H26FIN4O3S. The number of aryl methyl sites for hydroxylation is 1. The van der Waals surface area contributed by atoms with Gasteiger partial charge in [-0.05, 0) is 37.5 Å². The molecule has 0 aliphatic carbocycles. The molecule has 7 nitrogen and oxygen atoms in total. The van der Waals surface area contributed by atoms with E-state index in [2.05, 4.69) is 20.3 Å². The fourth-order valence-corrected chi connectivity index (χ4v) is 3.39. The number of nitrogens with zero attached hydrogens (tertiary/aromatic N) is 1. The third kappa shape index (κ3) is 7.62. The molecule has 1 heterocycles. The molecule has 1 aliphatic rings. The van der Waals surface area contributed by atoms with E-state index in [4.69, 9.17) is 4.74 Å². The van der Waals surface area contributed by atoms with Crippen LogP contribution in [0.15, 0.2) is 23.2 Å². The lowest BCUT2D eigenvalue weighted by atomic mass is 10.2. The van der Waals surface area contributed by atoms with Gasteiger partial charge in [-0.1, -0.05) is 6.07 Å². The van der Waals surface area contributed by atoms with E-state index >= 15 is 0 Å². The number of guanidine groups is 1. The zero-order valence-electron chi connectivity index (χ0n) is 14.9. The van der Waals surface area contributed by atoms with E-state index in [1.54, 1.807) is 14.0 Å². The molecule has 0 bridgehead atoms. The molecule has 0 saturated carbocycles. The van der Waals surface area contributed by atoms with Crippen LogP contribution in [0, 0.1) is 12.7 Å². The summed E-state index contributed by atoms with van der Waals surface area (Å²) in [6.07, 6.45) is 2.23. The molecule has 26 heavy (non-hydrogen) atoms. The molecule has 1 aromatic rings. The predicted octanol–water partition coefficient (Wildman–Crippen LogP) is 1.84. The summed E-state index contributed by atoms with van der Waals surface area (Å²) < 4.78 is 45.5. The summed E-state index contributed by atoms with van der Waals surface area (Å²) >= 11 is 0. The summed E-state index contributed by atoms with van der Waals surface area (Å²) in [5.41, 5.74) is 0.676. The van der Waals surface area contributed by atoms with Crippen LogP contribution in [-0.2, 0) is 14.8 Å². The zero-order valence-corrected chi connectivity index (χ0v) is 18.1. The van der Waals surface area contributed by atoms with Crippen LogP contribution in [0.25, 0.3) is 0 Å². The normalized spacial score (nSPS) is 17.5. The van der Waals surface area contributed by atoms with Gasteiger partial charge in [-0.2, -0.15) is 0 Å². The highest BCUT2D eigenvalue weighted by molar-refractivity contribution is 14.0. The average Bonchev–Trinajstić information content (AvgIpc) is 3.07. The third-order valence-corrected chi connectivity index (χ3v) is 5.14. The lowest BCUT2D eigenvalue weighted by Crippen LogP contribution is -2.43. The van der Waals surface area contributed by atoms with Crippen molar-refractivity contribution in [2.45, 2.75) is 25.9 Å². The molecule has 148 valence electrons. The van der Waals surface area contributed by atoms with Crippen molar-refractivity contribution in [3.63, 3.8) is 0 Å². The number of nitrogens with one attached hydrogen (secondary N) is 3. The molecule has 0 radical (unpaired) electrons. The summed E-state index contributed by atoms with van der Waals surface area (Å²) in [4.78, 5) is 4.05. The second kappa shape index (κ2) is 10.9. The highest BCUT2D eigenvalue weighted by atomic mass is 127. The van der Waals surface area contributed by atoms with Gasteiger partial charge in [0, 0.05) is 26.7 Å². The van der Waals surface area contributed by atoms with E-state index in [0.717, 1.165) is 19.4 Å². The first-order valence-electron chi connectivity index (χ1n) is 8.22. The molecule has 2 rings (SSSR count). The van der Waals surface area contributed by atoms with Gasteiger partial charge in [-0.25, -0.2) is 12.8 Å². The third-order valence-electron chi connectivity index (χ3n) is 3.85. The lowest BCUT2D eigenvalue weighted by Gasteiger charge is -2.15. The lowest BCUT2D eigenvalue weighted by molar-refractivity contribution is 0.114. The molecule has 0 amide bonds. The number of halogens is 2. The Labute approximate surface area is 171 Å². The van der Waals surface area contributed by atoms with Gasteiger partial charge in [0.15, 0.2) is 5.96 Å². The van der Waals surface area contributed by atoms with Crippen LogP contribution in [0.4, 0.5) is 10.1 Å². The Morgan fingerprint density at radius 2 is 2.15 bits per heavy atom. The molecule has 1 aliphatic heterocycles. The van der Waals surface area contributed by atoms with Crippen LogP contribution in [0.1, 0.15) is 18.4 Å². The van der Waals surface area contributed by atoms with Crippen molar-refractivity contribution in [2.24, 2.45) is 4.99 Å². The average molecular weight is 500 g/mol. The minimum atomic E-state index is -3.59. The van der Waals surface area contributed by atoms with Gasteiger partial charge in [-0.15, -0.1) is 24.0 Å². The number of hydrogen-bond donors (Lipinski definition) is 3. The van der Waals surface area contributed by atoms with Crippen molar-refractivity contribution < 1.29 is 17.5 Å². The maximum absolute atomic E-state index is 13.5. The summed E-state index contributed by atoms with van der Waals surface area (Å²) in [7, 11) is -1.97. The molecule has 0 aromatic heterocycles.